The SMILES string of the molecule is CCNCc1cc(-c2cc(F)cc(Cl)c2)ccc1OC. The smallest absolute Gasteiger partial charge is 0.125 e. The average molecular weight is 294 g/mol. The van der Waals surface area contributed by atoms with E-state index in [1.807, 2.05) is 25.1 Å². The Hall–Kier alpha value is -1.58. The zero-order valence-corrected chi connectivity index (χ0v) is 12.3. The van der Waals surface area contributed by atoms with E-state index in [-0.39, 0.29) is 5.82 Å². The summed E-state index contributed by atoms with van der Waals surface area (Å²) in [5.74, 6) is 0.480. The molecule has 0 heterocycles. The van der Waals surface area contributed by atoms with Gasteiger partial charge < -0.3 is 10.1 Å². The normalized spacial score (nSPS) is 10.6. The Kier molecular flexibility index (Phi) is 4.99. The summed E-state index contributed by atoms with van der Waals surface area (Å²) in [6, 6.07) is 10.3. The predicted octanol–water partition coefficient (Wildman–Crippen LogP) is 4.26. The molecule has 0 radical (unpaired) electrons. The van der Waals surface area contributed by atoms with Gasteiger partial charge in [-0.05, 0) is 48.0 Å². The molecule has 0 aliphatic heterocycles. The van der Waals surface area contributed by atoms with Crippen LogP contribution in [-0.2, 0) is 6.54 Å². The zero-order valence-electron chi connectivity index (χ0n) is 11.5. The van der Waals surface area contributed by atoms with Crippen molar-refractivity contribution in [3.05, 3.63) is 52.8 Å². The second-order valence-electron chi connectivity index (χ2n) is 4.47. The fourth-order valence-corrected chi connectivity index (χ4v) is 2.30. The van der Waals surface area contributed by atoms with Crippen LogP contribution in [-0.4, -0.2) is 13.7 Å². The summed E-state index contributed by atoms with van der Waals surface area (Å²) in [7, 11) is 1.64. The Morgan fingerprint density at radius 1 is 1.15 bits per heavy atom. The number of ether oxygens (including phenoxy) is 1. The van der Waals surface area contributed by atoms with Gasteiger partial charge in [-0.2, -0.15) is 0 Å². The van der Waals surface area contributed by atoms with Crippen LogP contribution in [0.25, 0.3) is 11.1 Å². The molecule has 0 atom stereocenters. The molecule has 0 aliphatic rings. The standard InChI is InChI=1S/C16H17ClFNO/c1-3-19-10-13-6-11(4-5-16(13)20-2)12-7-14(17)9-15(18)8-12/h4-9,19H,3,10H2,1-2H3. The molecule has 0 unspecified atom stereocenters. The van der Waals surface area contributed by atoms with Gasteiger partial charge in [-0.1, -0.05) is 24.6 Å². The van der Waals surface area contributed by atoms with Crippen molar-refractivity contribution in [1.29, 1.82) is 0 Å². The van der Waals surface area contributed by atoms with Gasteiger partial charge in [0.1, 0.15) is 11.6 Å². The molecule has 106 valence electrons. The van der Waals surface area contributed by atoms with Gasteiger partial charge in [0.15, 0.2) is 0 Å². The molecule has 0 saturated heterocycles. The van der Waals surface area contributed by atoms with Crippen LogP contribution >= 0.6 is 11.6 Å². The van der Waals surface area contributed by atoms with Gasteiger partial charge in [-0.3, -0.25) is 0 Å². The maximum Gasteiger partial charge on any atom is 0.125 e. The molecular formula is C16H17ClFNO. The van der Waals surface area contributed by atoms with Gasteiger partial charge in [-0.25, -0.2) is 4.39 Å². The fraction of sp³-hybridized carbons (Fsp3) is 0.250. The molecule has 0 spiro atoms. The third-order valence-electron chi connectivity index (χ3n) is 3.04. The molecule has 0 bridgehead atoms. The first-order valence-electron chi connectivity index (χ1n) is 6.48. The Bertz CT molecular complexity index is 581. The second-order valence-corrected chi connectivity index (χ2v) is 4.90. The second kappa shape index (κ2) is 6.73. The highest BCUT2D eigenvalue weighted by atomic mass is 35.5. The van der Waals surface area contributed by atoms with E-state index in [0.717, 1.165) is 29.0 Å². The number of methoxy groups -OCH3 is 1. The highest BCUT2D eigenvalue weighted by Crippen LogP contribution is 2.29. The summed E-state index contributed by atoms with van der Waals surface area (Å²) < 4.78 is 18.8. The molecule has 0 aromatic heterocycles. The first kappa shape index (κ1) is 14.8. The highest BCUT2D eigenvalue weighted by molar-refractivity contribution is 6.30. The van der Waals surface area contributed by atoms with Crippen molar-refractivity contribution in [2.75, 3.05) is 13.7 Å². The van der Waals surface area contributed by atoms with Crippen LogP contribution in [0.2, 0.25) is 5.02 Å². The minimum Gasteiger partial charge on any atom is -0.496 e. The molecule has 0 saturated carbocycles. The average Bonchev–Trinajstić information content (AvgIpc) is 2.43. The molecule has 20 heavy (non-hydrogen) atoms. The van der Waals surface area contributed by atoms with E-state index in [0.29, 0.717) is 11.6 Å². The van der Waals surface area contributed by atoms with Gasteiger partial charge >= 0.3 is 0 Å². The molecule has 1 N–H and O–H groups in total. The van der Waals surface area contributed by atoms with Crippen molar-refractivity contribution in [2.24, 2.45) is 0 Å². The number of nitrogens with one attached hydrogen (secondary N) is 1. The maximum absolute atomic E-state index is 13.4. The number of hydrogen-bond donors (Lipinski definition) is 1. The van der Waals surface area contributed by atoms with Crippen LogP contribution < -0.4 is 10.1 Å². The van der Waals surface area contributed by atoms with Crippen LogP contribution in [0, 0.1) is 5.82 Å². The lowest BCUT2D eigenvalue weighted by Gasteiger charge is -2.11. The van der Waals surface area contributed by atoms with E-state index in [4.69, 9.17) is 16.3 Å². The van der Waals surface area contributed by atoms with Crippen molar-refractivity contribution in [2.45, 2.75) is 13.5 Å². The summed E-state index contributed by atoms with van der Waals surface area (Å²) in [4.78, 5) is 0. The van der Waals surface area contributed by atoms with Gasteiger partial charge in [0.2, 0.25) is 0 Å². The maximum atomic E-state index is 13.4. The molecule has 0 amide bonds. The number of benzene rings is 2. The molecule has 2 aromatic carbocycles. The first-order valence-corrected chi connectivity index (χ1v) is 6.86. The zero-order chi connectivity index (χ0) is 14.5. The molecule has 2 rings (SSSR count). The lowest BCUT2D eigenvalue weighted by molar-refractivity contribution is 0.408. The molecule has 0 aliphatic carbocycles. The van der Waals surface area contributed by atoms with E-state index < -0.39 is 0 Å². The Balaban J connectivity index is 2.41. The fourth-order valence-electron chi connectivity index (χ4n) is 2.08. The summed E-state index contributed by atoms with van der Waals surface area (Å²) in [6.45, 7) is 3.62. The first-order chi connectivity index (χ1) is 9.63. The lowest BCUT2D eigenvalue weighted by Crippen LogP contribution is -2.12. The minimum absolute atomic E-state index is 0.337. The Morgan fingerprint density at radius 2 is 1.95 bits per heavy atom. The van der Waals surface area contributed by atoms with Crippen LogP contribution in [0.5, 0.6) is 5.75 Å². The topological polar surface area (TPSA) is 21.3 Å². The van der Waals surface area contributed by atoms with E-state index >= 15 is 0 Å². The van der Waals surface area contributed by atoms with Gasteiger partial charge in [-0.15, -0.1) is 0 Å². The largest absolute Gasteiger partial charge is 0.496 e. The van der Waals surface area contributed by atoms with E-state index in [1.165, 1.54) is 12.1 Å². The number of halogens is 2. The van der Waals surface area contributed by atoms with Gasteiger partial charge in [0, 0.05) is 17.1 Å². The highest BCUT2D eigenvalue weighted by Gasteiger charge is 2.07. The van der Waals surface area contributed by atoms with Crippen molar-refractivity contribution >= 4 is 11.6 Å². The summed E-state index contributed by atoms with van der Waals surface area (Å²) in [5, 5.41) is 3.65. The van der Waals surface area contributed by atoms with Gasteiger partial charge in [0.25, 0.3) is 0 Å². The summed E-state index contributed by atoms with van der Waals surface area (Å²) in [6.07, 6.45) is 0. The monoisotopic (exact) mass is 293 g/mol. The summed E-state index contributed by atoms with van der Waals surface area (Å²) >= 11 is 5.90. The number of rotatable bonds is 5. The lowest BCUT2D eigenvalue weighted by atomic mass is 10.0. The van der Waals surface area contributed by atoms with Crippen molar-refractivity contribution < 1.29 is 9.13 Å². The van der Waals surface area contributed by atoms with E-state index in [9.17, 15) is 4.39 Å². The van der Waals surface area contributed by atoms with E-state index in [1.54, 1.807) is 13.2 Å². The van der Waals surface area contributed by atoms with Crippen LogP contribution in [0.15, 0.2) is 36.4 Å². The Morgan fingerprint density at radius 3 is 2.60 bits per heavy atom. The van der Waals surface area contributed by atoms with Crippen LogP contribution in [0.1, 0.15) is 12.5 Å². The summed E-state index contributed by atoms with van der Waals surface area (Å²) in [5.41, 5.74) is 2.71. The Labute approximate surface area is 123 Å². The molecule has 4 heteroatoms. The third kappa shape index (κ3) is 3.50. The van der Waals surface area contributed by atoms with Crippen LogP contribution in [0.3, 0.4) is 0 Å². The van der Waals surface area contributed by atoms with Crippen molar-refractivity contribution in [3.8, 4) is 16.9 Å². The predicted molar refractivity (Wildman–Crippen MR) is 80.8 cm³/mol. The van der Waals surface area contributed by atoms with Crippen molar-refractivity contribution in [1.82, 2.24) is 5.32 Å². The van der Waals surface area contributed by atoms with Crippen LogP contribution in [0.4, 0.5) is 4.39 Å². The van der Waals surface area contributed by atoms with E-state index in [2.05, 4.69) is 5.32 Å². The minimum atomic E-state index is -0.337. The molecule has 2 aromatic rings. The van der Waals surface area contributed by atoms with Crippen molar-refractivity contribution in [3.63, 3.8) is 0 Å². The molecule has 0 fully saturated rings. The number of hydrogen-bond acceptors (Lipinski definition) is 2. The van der Waals surface area contributed by atoms with Gasteiger partial charge in [0.05, 0.1) is 7.11 Å². The molecular weight excluding hydrogens is 277 g/mol. The third-order valence-corrected chi connectivity index (χ3v) is 3.26. The quantitative estimate of drug-likeness (QED) is 0.889. The molecule has 2 nitrogen and oxygen atoms in total.